The molecule has 2 heteroatoms. The molecule has 0 amide bonds. The summed E-state index contributed by atoms with van der Waals surface area (Å²) in [5.74, 6) is 1.55. The van der Waals surface area contributed by atoms with Gasteiger partial charge in [-0.3, -0.25) is 0 Å². The number of rotatable bonds is 4. The number of halogens is 1. The minimum absolute atomic E-state index is 0.737. The summed E-state index contributed by atoms with van der Waals surface area (Å²) in [4.78, 5) is 0. The zero-order valence-electron chi connectivity index (χ0n) is 10.0. The molecule has 0 spiro atoms. The first kappa shape index (κ1) is 12.4. The summed E-state index contributed by atoms with van der Waals surface area (Å²) < 4.78 is 1.42. The van der Waals surface area contributed by atoms with Crippen LogP contribution in [0.15, 0.2) is 24.3 Å². The van der Waals surface area contributed by atoms with Crippen molar-refractivity contribution >= 4 is 22.6 Å². The highest BCUT2D eigenvalue weighted by Gasteiger charge is 2.38. The van der Waals surface area contributed by atoms with Crippen LogP contribution in [0.5, 0.6) is 0 Å². The van der Waals surface area contributed by atoms with Crippen molar-refractivity contribution in [2.75, 3.05) is 6.54 Å². The highest BCUT2D eigenvalue weighted by Crippen LogP contribution is 2.43. The molecule has 0 heterocycles. The van der Waals surface area contributed by atoms with Crippen molar-refractivity contribution in [2.24, 2.45) is 5.92 Å². The van der Waals surface area contributed by atoms with Gasteiger partial charge in [-0.1, -0.05) is 32.0 Å². The summed E-state index contributed by atoms with van der Waals surface area (Å²) in [6, 6.07) is 9.54. The van der Waals surface area contributed by atoms with Crippen LogP contribution in [-0.2, 0) is 0 Å². The van der Waals surface area contributed by atoms with E-state index in [1.165, 1.54) is 16.4 Å². The molecule has 1 aromatic carbocycles. The Morgan fingerprint density at radius 2 is 2.12 bits per heavy atom. The molecule has 16 heavy (non-hydrogen) atoms. The van der Waals surface area contributed by atoms with Gasteiger partial charge in [0.15, 0.2) is 0 Å². The van der Waals surface area contributed by atoms with Gasteiger partial charge in [0.05, 0.1) is 0 Å². The van der Waals surface area contributed by atoms with E-state index in [1.54, 1.807) is 5.56 Å². The Morgan fingerprint density at radius 1 is 1.38 bits per heavy atom. The Kier molecular flexibility index (Phi) is 4.25. The quantitative estimate of drug-likeness (QED) is 0.829. The van der Waals surface area contributed by atoms with Gasteiger partial charge in [-0.25, -0.2) is 0 Å². The molecule has 0 aromatic heterocycles. The largest absolute Gasteiger partial charge is 0.314 e. The number of hydrogen-bond donors (Lipinski definition) is 1. The van der Waals surface area contributed by atoms with Crippen molar-refractivity contribution < 1.29 is 0 Å². The molecule has 1 N–H and O–H groups in total. The minimum atomic E-state index is 0.737. The average molecular weight is 329 g/mol. The van der Waals surface area contributed by atoms with E-state index in [-0.39, 0.29) is 0 Å². The molecule has 1 fully saturated rings. The van der Waals surface area contributed by atoms with Crippen LogP contribution in [0.1, 0.15) is 38.2 Å². The minimum Gasteiger partial charge on any atom is -0.314 e. The van der Waals surface area contributed by atoms with E-state index < -0.39 is 0 Å². The molecule has 1 aliphatic carbocycles. The molecule has 3 unspecified atom stereocenters. The molecule has 0 radical (unpaired) electrons. The first-order valence-electron chi connectivity index (χ1n) is 6.21. The second kappa shape index (κ2) is 5.50. The highest BCUT2D eigenvalue weighted by atomic mass is 127. The summed E-state index contributed by atoms with van der Waals surface area (Å²) in [6.45, 7) is 5.77. The lowest BCUT2D eigenvalue weighted by Crippen LogP contribution is -2.48. The average Bonchev–Trinajstić information content (AvgIpc) is 2.29. The summed E-state index contributed by atoms with van der Waals surface area (Å²) in [5, 5.41) is 3.64. The third-order valence-electron chi connectivity index (χ3n) is 3.74. The molecule has 3 atom stereocenters. The lowest BCUT2D eigenvalue weighted by atomic mass is 9.67. The SMILES string of the molecule is CCCNC1CC(c2ccccc2I)C1C. The maximum Gasteiger partial charge on any atom is 0.0165 e. The van der Waals surface area contributed by atoms with E-state index in [4.69, 9.17) is 0 Å². The van der Waals surface area contributed by atoms with Gasteiger partial charge in [0.2, 0.25) is 0 Å². The second-order valence-corrected chi connectivity index (χ2v) is 5.95. The van der Waals surface area contributed by atoms with E-state index in [0.717, 1.165) is 24.4 Å². The first-order chi connectivity index (χ1) is 7.74. The summed E-state index contributed by atoms with van der Waals surface area (Å²) >= 11 is 2.46. The Morgan fingerprint density at radius 3 is 2.75 bits per heavy atom. The van der Waals surface area contributed by atoms with Gasteiger partial charge in [-0.2, -0.15) is 0 Å². The first-order valence-corrected chi connectivity index (χ1v) is 7.29. The normalized spacial score (nSPS) is 28.8. The Balaban J connectivity index is 1.97. The smallest absolute Gasteiger partial charge is 0.0165 e. The Hall–Kier alpha value is -0.0900. The van der Waals surface area contributed by atoms with Crippen molar-refractivity contribution in [2.45, 2.75) is 38.6 Å². The molecule has 2 rings (SSSR count). The predicted octanol–water partition coefficient (Wildman–Crippen LogP) is 3.78. The van der Waals surface area contributed by atoms with Crippen LogP contribution in [0.2, 0.25) is 0 Å². The molecule has 1 aromatic rings. The molecule has 0 saturated heterocycles. The van der Waals surface area contributed by atoms with Gasteiger partial charge in [0.25, 0.3) is 0 Å². The molecular formula is C14H20IN. The van der Waals surface area contributed by atoms with E-state index >= 15 is 0 Å². The predicted molar refractivity (Wildman–Crippen MR) is 77.8 cm³/mol. The van der Waals surface area contributed by atoms with Crippen LogP contribution in [0.3, 0.4) is 0 Å². The molecular weight excluding hydrogens is 309 g/mol. The van der Waals surface area contributed by atoms with E-state index in [9.17, 15) is 0 Å². The van der Waals surface area contributed by atoms with Crippen molar-refractivity contribution in [3.05, 3.63) is 33.4 Å². The highest BCUT2D eigenvalue weighted by molar-refractivity contribution is 14.1. The van der Waals surface area contributed by atoms with Crippen molar-refractivity contribution in [3.63, 3.8) is 0 Å². The fourth-order valence-electron chi connectivity index (χ4n) is 2.57. The van der Waals surface area contributed by atoms with Gasteiger partial charge in [0.1, 0.15) is 0 Å². The Bertz CT molecular complexity index is 350. The van der Waals surface area contributed by atoms with Gasteiger partial charge >= 0.3 is 0 Å². The fraction of sp³-hybridized carbons (Fsp3) is 0.571. The summed E-state index contributed by atoms with van der Waals surface area (Å²) in [7, 11) is 0. The third kappa shape index (κ3) is 2.43. The van der Waals surface area contributed by atoms with E-state index in [0.29, 0.717) is 0 Å². The van der Waals surface area contributed by atoms with Crippen LogP contribution in [0, 0.1) is 9.49 Å². The van der Waals surface area contributed by atoms with Crippen molar-refractivity contribution in [1.82, 2.24) is 5.32 Å². The topological polar surface area (TPSA) is 12.0 Å². The fourth-order valence-corrected chi connectivity index (χ4v) is 3.36. The lowest BCUT2D eigenvalue weighted by Gasteiger charge is -2.44. The maximum atomic E-state index is 3.64. The maximum absolute atomic E-state index is 3.64. The van der Waals surface area contributed by atoms with Crippen LogP contribution in [0.4, 0.5) is 0 Å². The number of benzene rings is 1. The van der Waals surface area contributed by atoms with Gasteiger partial charge in [0, 0.05) is 9.61 Å². The van der Waals surface area contributed by atoms with Crippen LogP contribution in [-0.4, -0.2) is 12.6 Å². The molecule has 88 valence electrons. The van der Waals surface area contributed by atoms with Crippen molar-refractivity contribution in [3.8, 4) is 0 Å². The number of nitrogens with one attached hydrogen (secondary N) is 1. The van der Waals surface area contributed by atoms with Crippen LogP contribution >= 0.6 is 22.6 Å². The van der Waals surface area contributed by atoms with Crippen LogP contribution in [0.25, 0.3) is 0 Å². The second-order valence-electron chi connectivity index (χ2n) is 4.78. The zero-order valence-corrected chi connectivity index (χ0v) is 12.2. The summed E-state index contributed by atoms with van der Waals surface area (Å²) in [6.07, 6.45) is 2.54. The van der Waals surface area contributed by atoms with E-state index in [2.05, 4.69) is 66.0 Å². The molecule has 1 saturated carbocycles. The molecule has 1 aliphatic rings. The lowest BCUT2D eigenvalue weighted by molar-refractivity contribution is 0.184. The molecule has 0 aliphatic heterocycles. The van der Waals surface area contributed by atoms with E-state index in [1.807, 2.05) is 0 Å². The number of hydrogen-bond acceptors (Lipinski definition) is 1. The third-order valence-corrected chi connectivity index (χ3v) is 4.72. The van der Waals surface area contributed by atoms with Crippen LogP contribution < -0.4 is 5.32 Å². The van der Waals surface area contributed by atoms with Gasteiger partial charge in [-0.15, -0.1) is 0 Å². The summed E-state index contributed by atoms with van der Waals surface area (Å²) in [5.41, 5.74) is 1.55. The van der Waals surface area contributed by atoms with Gasteiger partial charge in [-0.05, 0) is 65.4 Å². The van der Waals surface area contributed by atoms with Crippen molar-refractivity contribution in [1.29, 1.82) is 0 Å². The molecule has 0 bridgehead atoms. The Labute approximate surface area is 112 Å². The molecule has 1 nitrogen and oxygen atoms in total. The zero-order chi connectivity index (χ0) is 11.5. The monoisotopic (exact) mass is 329 g/mol. The van der Waals surface area contributed by atoms with Gasteiger partial charge < -0.3 is 5.32 Å². The standard InChI is InChI=1S/C14H20IN/c1-3-8-16-14-9-12(10(14)2)11-6-4-5-7-13(11)15/h4-7,10,12,14,16H,3,8-9H2,1-2H3.